The minimum absolute atomic E-state index is 0.000592. The molecule has 0 aromatic carbocycles. The summed E-state index contributed by atoms with van der Waals surface area (Å²) in [7, 11) is 0. The van der Waals surface area contributed by atoms with Gasteiger partial charge < -0.3 is 20.3 Å². The van der Waals surface area contributed by atoms with Gasteiger partial charge in [0.05, 0.1) is 25.4 Å². The van der Waals surface area contributed by atoms with Crippen LogP contribution in [-0.4, -0.2) is 47.4 Å². The number of aliphatic hydroxyl groups excluding tert-OH is 2. The molecule has 3 N–H and O–H groups in total. The fourth-order valence-electron chi connectivity index (χ4n) is 10.6. The second-order valence-electron chi connectivity index (χ2n) is 23.2. The topological polar surface area (TPSA) is 95.9 Å². The molecule has 0 aliphatic carbocycles. The zero-order valence-corrected chi connectivity index (χ0v) is 50.1. The molecule has 2 atom stereocenters. The lowest BCUT2D eigenvalue weighted by molar-refractivity contribution is -0.143. The van der Waals surface area contributed by atoms with Gasteiger partial charge in [0.2, 0.25) is 5.91 Å². The van der Waals surface area contributed by atoms with E-state index in [4.69, 9.17) is 4.74 Å². The number of aliphatic hydroxyl groups is 2. The maximum absolute atomic E-state index is 12.5. The Bertz CT molecular complexity index is 1150. The van der Waals surface area contributed by atoms with Gasteiger partial charge in [-0.15, -0.1) is 0 Å². The van der Waals surface area contributed by atoms with Gasteiger partial charge in [0.15, 0.2) is 0 Å². The molecule has 0 radical (unpaired) electrons. The van der Waals surface area contributed by atoms with Gasteiger partial charge in [0.1, 0.15) is 0 Å². The number of hydrogen-bond donors (Lipinski definition) is 3. The molecular formula is C68H131NO5. The summed E-state index contributed by atoms with van der Waals surface area (Å²) in [6, 6.07) is -0.542. The van der Waals surface area contributed by atoms with E-state index in [0.717, 1.165) is 51.4 Å². The first-order chi connectivity index (χ1) is 36.5. The van der Waals surface area contributed by atoms with Crippen molar-refractivity contribution in [2.75, 3.05) is 13.2 Å². The van der Waals surface area contributed by atoms with E-state index in [0.29, 0.717) is 25.9 Å². The van der Waals surface area contributed by atoms with Crippen LogP contribution in [-0.2, 0) is 14.3 Å². The summed E-state index contributed by atoms with van der Waals surface area (Å²) in [6.45, 7) is 4.96. The van der Waals surface area contributed by atoms with Crippen LogP contribution in [0.4, 0.5) is 0 Å². The molecule has 0 bridgehead atoms. The number of nitrogens with one attached hydrogen (secondary N) is 1. The molecule has 74 heavy (non-hydrogen) atoms. The highest BCUT2D eigenvalue weighted by molar-refractivity contribution is 5.76. The van der Waals surface area contributed by atoms with Crippen LogP contribution in [0.25, 0.3) is 0 Å². The van der Waals surface area contributed by atoms with Gasteiger partial charge in [0.25, 0.3) is 0 Å². The smallest absolute Gasteiger partial charge is 0.305 e. The first-order valence-corrected chi connectivity index (χ1v) is 33.6. The SMILES string of the molecule is CCCCCC/C=C\C/C=C\CCCCCCCC(=O)OCCCCCCCCCCCCCCCCCCCCCCCCC(=O)NC(CO)C(O)CCCCCCCCCCCCCCCCCCCCC. The Kier molecular flexibility index (Phi) is 62.4. The van der Waals surface area contributed by atoms with Gasteiger partial charge >= 0.3 is 5.97 Å². The highest BCUT2D eigenvalue weighted by atomic mass is 16.5. The number of esters is 1. The largest absolute Gasteiger partial charge is 0.466 e. The molecule has 0 aromatic rings. The van der Waals surface area contributed by atoms with E-state index in [-0.39, 0.29) is 18.5 Å². The molecule has 0 aliphatic heterocycles. The Labute approximate surface area is 462 Å². The van der Waals surface area contributed by atoms with Gasteiger partial charge in [-0.05, 0) is 57.8 Å². The number of carbonyl (C=O) groups excluding carboxylic acids is 2. The average Bonchev–Trinajstić information content (AvgIpc) is 3.40. The molecule has 0 aliphatic rings. The zero-order valence-electron chi connectivity index (χ0n) is 50.1. The normalized spacial score (nSPS) is 12.6. The van der Waals surface area contributed by atoms with Crippen LogP contribution >= 0.6 is 0 Å². The molecule has 0 saturated carbocycles. The van der Waals surface area contributed by atoms with E-state index >= 15 is 0 Å². The Hall–Kier alpha value is -1.66. The second kappa shape index (κ2) is 63.9. The van der Waals surface area contributed by atoms with E-state index < -0.39 is 12.1 Å². The fourth-order valence-corrected chi connectivity index (χ4v) is 10.6. The van der Waals surface area contributed by atoms with Crippen molar-refractivity contribution in [1.29, 1.82) is 0 Å². The number of hydrogen-bond acceptors (Lipinski definition) is 5. The van der Waals surface area contributed by atoms with Gasteiger partial charge in [0, 0.05) is 12.8 Å². The molecule has 0 heterocycles. The lowest BCUT2D eigenvalue weighted by atomic mass is 10.0. The summed E-state index contributed by atoms with van der Waals surface area (Å²) in [4.78, 5) is 24.6. The average molecular weight is 1040 g/mol. The first-order valence-electron chi connectivity index (χ1n) is 33.6. The van der Waals surface area contributed by atoms with Crippen molar-refractivity contribution in [3.63, 3.8) is 0 Å². The molecule has 0 saturated heterocycles. The van der Waals surface area contributed by atoms with E-state index in [1.807, 2.05) is 0 Å². The third kappa shape index (κ3) is 59.6. The van der Waals surface area contributed by atoms with Crippen molar-refractivity contribution in [2.45, 2.75) is 386 Å². The summed E-state index contributed by atoms with van der Waals surface area (Å²) in [6.07, 6.45) is 79.1. The monoisotopic (exact) mass is 1040 g/mol. The van der Waals surface area contributed by atoms with Gasteiger partial charge in [-0.2, -0.15) is 0 Å². The Morgan fingerprint density at radius 3 is 1.04 bits per heavy atom. The van der Waals surface area contributed by atoms with Crippen molar-refractivity contribution in [3.8, 4) is 0 Å². The molecular weight excluding hydrogens is 911 g/mol. The number of amides is 1. The summed E-state index contributed by atoms with van der Waals surface area (Å²) < 4.78 is 5.49. The highest BCUT2D eigenvalue weighted by Crippen LogP contribution is 2.19. The van der Waals surface area contributed by atoms with E-state index in [9.17, 15) is 19.8 Å². The van der Waals surface area contributed by atoms with Crippen LogP contribution in [0.2, 0.25) is 0 Å². The molecule has 2 unspecified atom stereocenters. The van der Waals surface area contributed by atoms with Crippen molar-refractivity contribution < 1.29 is 24.5 Å². The quantitative estimate of drug-likeness (QED) is 0.0320. The number of unbranched alkanes of at least 4 members (excludes halogenated alkanes) is 48. The molecule has 0 aromatic heterocycles. The van der Waals surface area contributed by atoms with Crippen LogP contribution in [0.1, 0.15) is 373 Å². The minimum atomic E-state index is -0.665. The predicted octanol–water partition coefficient (Wildman–Crippen LogP) is 21.4. The maximum Gasteiger partial charge on any atom is 0.305 e. The van der Waals surface area contributed by atoms with E-state index in [1.54, 1.807) is 0 Å². The van der Waals surface area contributed by atoms with Crippen LogP contribution < -0.4 is 5.32 Å². The fraction of sp³-hybridized carbons (Fsp3) is 0.912. The van der Waals surface area contributed by atoms with Crippen molar-refractivity contribution >= 4 is 11.9 Å². The molecule has 6 heteroatoms. The molecule has 0 fully saturated rings. The van der Waals surface area contributed by atoms with Crippen molar-refractivity contribution in [2.24, 2.45) is 0 Å². The molecule has 0 rings (SSSR count). The third-order valence-electron chi connectivity index (χ3n) is 15.8. The molecule has 0 spiro atoms. The number of ether oxygens (including phenoxy) is 1. The van der Waals surface area contributed by atoms with Gasteiger partial charge in [-0.25, -0.2) is 0 Å². The van der Waals surface area contributed by atoms with E-state index in [1.165, 1.54) is 289 Å². The van der Waals surface area contributed by atoms with Gasteiger partial charge in [-0.1, -0.05) is 327 Å². The van der Waals surface area contributed by atoms with Crippen molar-refractivity contribution in [3.05, 3.63) is 24.3 Å². The van der Waals surface area contributed by atoms with Crippen molar-refractivity contribution in [1.82, 2.24) is 5.32 Å². The standard InChI is InChI=1S/C68H131NO5/c1-3-5-7-9-11-13-15-17-19-21-26-29-32-36-40-44-48-52-56-60-66(71)65(64-70)69-67(72)61-57-53-49-45-41-37-33-30-27-24-22-23-25-28-31-35-39-43-47-51-55-59-63-74-68(73)62-58-54-50-46-42-38-34-20-18-16-14-12-10-8-6-4-2/h14,16,20,34,65-66,70-71H,3-13,15,17-19,21-33,35-64H2,1-2H3,(H,69,72)/b16-14-,34-20-. The Balaban J connectivity index is 3.38. The summed E-state index contributed by atoms with van der Waals surface area (Å²) in [5, 5.41) is 23.4. The molecule has 438 valence electrons. The highest BCUT2D eigenvalue weighted by Gasteiger charge is 2.20. The summed E-state index contributed by atoms with van der Waals surface area (Å²) >= 11 is 0. The molecule has 6 nitrogen and oxygen atoms in total. The summed E-state index contributed by atoms with van der Waals surface area (Å²) in [5.41, 5.74) is 0. The van der Waals surface area contributed by atoms with Crippen LogP contribution in [0.15, 0.2) is 24.3 Å². The Morgan fingerprint density at radius 1 is 0.378 bits per heavy atom. The van der Waals surface area contributed by atoms with Gasteiger partial charge in [-0.3, -0.25) is 9.59 Å². The van der Waals surface area contributed by atoms with Crippen LogP contribution in [0.3, 0.4) is 0 Å². The third-order valence-corrected chi connectivity index (χ3v) is 15.8. The Morgan fingerprint density at radius 2 is 0.676 bits per heavy atom. The first kappa shape index (κ1) is 72.3. The van der Waals surface area contributed by atoms with E-state index in [2.05, 4.69) is 43.5 Å². The van der Waals surface area contributed by atoms with Crippen LogP contribution in [0, 0.1) is 0 Å². The lowest BCUT2D eigenvalue weighted by Crippen LogP contribution is -2.45. The molecule has 1 amide bonds. The number of allylic oxidation sites excluding steroid dienone is 4. The maximum atomic E-state index is 12.5. The minimum Gasteiger partial charge on any atom is -0.466 e. The predicted molar refractivity (Wildman–Crippen MR) is 324 cm³/mol. The number of rotatable bonds is 63. The van der Waals surface area contributed by atoms with Crippen LogP contribution in [0.5, 0.6) is 0 Å². The summed E-state index contributed by atoms with van der Waals surface area (Å²) in [5.74, 6) is -0.0311. The lowest BCUT2D eigenvalue weighted by Gasteiger charge is -2.22. The number of carbonyl (C=O) groups is 2. The second-order valence-corrected chi connectivity index (χ2v) is 23.2. The zero-order chi connectivity index (χ0) is 53.6.